The molecule has 0 saturated carbocycles. The van der Waals surface area contributed by atoms with Gasteiger partial charge in [0.05, 0.1) is 43.5 Å². The SMILES string of the molecule is CCOC(=O)C[C@H]1O[C@H](c2cccc(OC)c2OC)c2cc(Cl)c(C(F)(F)F)cc2-n2c1nnc2C(F)(F)F. The fourth-order valence-corrected chi connectivity index (χ4v) is 4.57. The lowest BCUT2D eigenvalue weighted by Gasteiger charge is -2.25. The van der Waals surface area contributed by atoms with Gasteiger partial charge in [0.1, 0.15) is 12.2 Å². The Morgan fingerprint density at radius 3 is 2.36 bits per heavy atom. The number of benzene rings is 2. The van der Waals surface area contributed by atoms with Gasteiger partial charge in [-0.2, -0.15) is 26.3 Å². The highest BCUT2D eigenvalue weighted by Gasteiger charge is 2.45. The number of ether oxygens (including phenoxy) is 4. The molecule has 0 radical (unpaired) electrons. The van der Waals surface area contributed by atoms with Gasteiger partial charge in [0.15, 0.2) is 17.3 Å². The van der Waals surface area contributed by atoms with E-state index in [2.05, 4.69) is 10.2 Å². The first-order chi connectivity index (χ1) is 18.3. The van der Waals surface area contributed by atoms with Crippen LogP contribution in [0.15, 0.2) is 30.3 Å². The molecule has 0 aliphatic carbocycles. The number of rotatable bonds is 6. The molecule has 2 heterocycles. The van der Waals surface area contributed by atoms with Gasteiger partial charge in [-0.3, -0.25) is 9.36 Å². The number of aromatic nitrogens is 3. The summed E-state index contributed by atoms with van der Waals surface area (Å²) < 4.78 is 106. The predicted molar refractivity (Wildman–Crippen MR) is 123 cm³/mol. The maximum atomic E-state index is 14.1. The molecule has 15 heteroatoms. The second-order valence-corrected chi connectivity index (χ2v) is 8.61. The second kappa shape index (κ2) is 10.6. The van der Waals surface area contributed by atoms with Crippen LogP contribution in [0.3, 0.4) is 0 Å². The van der Waals surface area contributed by atoms with Gasteiger partial charge in [-0.1, -0.05) is 23.7 Å². The predicted octanol–water partition coefficient (Wildman–Crippen LogP) is 6.09. The van der Waals surface area contributed by atoms with Crippen molar-refractivity contribution in [2.24, 2.45) is 0 Å². The first-order valence-electron chi connectivity index (χ1n) is 11.3. The van der Waals surface area contributed by atoms with Gasteiger partial charge in [-0.05, 0) is 25.1 Å². The monoisotopic (exact) mass is 579 g/mol. The number of fused-ring (bicyclic) bond motifs is 3. The fourth-order valence-electron chi connectivity index (χ4n) is 4.29. The van der Waals surface area contributed by atoms with Gasteiger partial charge in [0, 0.05) is 11.1 Å². The van der Waals surface area contributed by atoms with E-state index >= 15 is 0 Å². The maximum Gasteiger partial charge on any atom is 0.452 e. The van der Waals surface area contributed by atoms with Crippen molar-refractivity contribution in [3.8, 4) is 17.2 Å². The van der Waals surface area contributed by atoms with Gasteiger partial charge in [-0.15, -0.1) is 10.2 Å². The minimum Gasteiger partial charge on any atom is -0.493 e. The topological polar surface area (TPSA) is 84.7 Å². The van der Waals surface area contributed by atoms with Crippen molar-refractivity contribution in [2.75, 3.05) is 20.8 Å². The normalized spacial score (nSPS) is 17.2. The molecule has 39 heavy (non-hydrogen) atoms. The Labute approximate surface area is 222 Å². The third kappa shape index (κ3) is 5.35. The van der Waals surface area contributed by atoms with Crippen LogP contribution in [0.25, 0.3) is 5.69 Å². The van der Waals surface area contributed by atoms with Crippen molar-refractivity contribution >= 4 is 17.6 Å². The van der Waals surface area contributed by atoms with E-state index in [1.807, 2.05) is 0 Å². The van der Waals surface area contributed by atoms with E-state index in [1.165, 1.54) is 39.3 Å². The third-order valence-electron chi connectivity index (χ3n) is 5.85. The van der Waals surface area contributed by atoms with Crippen molar-refractivity contribution in [3.05, 3.63) is 63.7 Å². The standard InChI is InChI=1S/C24H20ClF6N3O5/c1-4-38-18(35)10-17-21-32-33-22(24(29,30)31)34(21)15-9-13(23(26,27)28)14(25)8-12(15)19(39-17)11-6-5-7-16(36-2)20(11)37-3/h5-9,17,19H,4,10H2,1-3H3/t17-,19-/m1/s1. The van der Waals surface area contributed by atoms with E-state index in [0.717, 1.165) is 6.07 Å². The number of hydrogen-bond donors (Lipinski definition) is 0. The minimum absolute atomic E-state index is 0.0377. The van der Waals surface area contributed by atoms with E-state index in [4.69, 9.17) is 30.5 Å². The third-order valence-corrected chi connectivity index (χ3v) is 6.16. The summed E-state index contributed by atoms with van der Waals surface area (Å²) in [4.78, 5) is 12.4. The maximum absolute atomic E-state index is 14.1. The molecule has 3 aromatic rings. The van der Waals surface area contributed by atoms with Gasteiger partial charge in [0.25, 0.3) is 0 Å². The van der Waals surface area contributed by atoms with Crippen molar-refractivity contribution in [1.29, 1.82) is 0 Å². The van der Waals surface area contributed by atoms with Gasteiger partial charge in [-0.25, -0.2) is 0 Å². The molecule has 1 aromatic heterocycles. The number of methoxy groups -OCH3 is 2. The molecule has 0 bridgehead atoms. The van der Waals surface area contributed by atoms with Crippen LogP contribution in [0.2, 0.25) is 5.02 Å². The fraction of sp³-hybridized carbons (Fsp3) is 0.375. The molecule has 0 saturated heterocycles. The molecule has 0 unspecified atom stereocenters. The largest absolute Gasteiger partial charge is 0.493 e. The molecular weight excluding hydrogens is 560 g/mol. The highest BCUT2D eigenvalue weighted by atomic mass is 35.5. The lowest BCUT2D eigenvalue weighted by Crippen LogP contribution is -2.19. The molecule has 0 fully saturated rings. The molecular formula is C24H20ClF6N3O5. The van der Waals surface area contributed by atoms with Crippen LogP contribution in [-0.2, 0) is 26.6 Å². The molecule has 1 aliphatic heterocycles. The summed E-state index contributed by atoms with van der Waals surface area (Å²) in [7, 11) is 2.64. The van der Waals surface area contributed by atoms with Gasteiger partial charge < -0.3 is 18.9 Å². The number of halogens is 7. The summed E-state index contributed by atoms with van der Waals surface area (Å²) in [6.45, 7) is 1.49. The zero-order valence-electron chi connectivity index (χ0n) is 20.5. The quantitative estimate of drug-likeness (QED) is 0.258. The smallest absolute Gasteiger partial charge is 0.452 e. The molecule has 2 aromatic carbocycles. The van der Waals surface area contributed by atoms with Crippen molar-refractivity contribution in [1.82, 2.24) is 14.8 Å². The van der Waals surface area contributed by atoms with E-state index in [9.17, 15) is 31.1 Å². The zero-order valence-corrected chi connectivity index (χ0v) is 21.2. The number of carbonyl (C=O) groups is 1. The van der Waals surface area contributed by atoms with Gasteiger partial charge in [0.2, 0.25) is 5.82 Å². The van der Waals surface area contributed by atoms with E-state index < -0.39 is 64.9 Å². The molecule has 0 amide bonds. The Hall–Kier alpha value is -3.52. The van der Waals surface area contributed by atoms with E-state index in [1.54, 1.807) is 0 Å². The Kier molecular flexibility index (Phi) is 7.72. The Balaban J connectivity index is 2.09. The first-order valence-corrected chi connectivity index (χ1v) is 11.6. The Bertz CT molecular complexity index is 1390. The summed E-state index contributed by atoms with van der Waals surface area (Å²) >= 11 is 6.01. The van der Waals surface area contributed by atoms with Crippen LogP contribution < -0.4 is 9.47 Å². The minimum atomic E-state index is -5.14. The number of nitrogens with zero attached hydrogens (tertiary/aromatic N) is 3. The van der Waals surface area contributed by atoms with Crippen LogP contribution in [0.4, 0.5) is 26.3 Å². The lowest BCUT2D eigenvalue weighted by atomic mass is 9.96. The zero-order chi connectivity index (χ0) is 28.7. The molecule has 210 valence electrons. The first kappa shape index (κ1) is 28.5. The number of esters is 1. The van der Waals surface area contributed by atoms with Crippen LogP contribution in [0, 0.1) is 0 Å². The van der Waals surface area contributed by atoms with Crippen molar-refractivity contribution in [2.45, 2.75) is 37.9 Å². The molecule has 4 rings (SSSR count). The highest BCUT2D eigenvalue weighted by molar-refractivity contribution is 6.31. The van der Waals surface area contributed by atoms with Crippen LogP contribution in [-0.4, -0.2) is 41.6 Å². The molecule has 0 N–H and O–H groups in total. The molecule has 2 atom stereocenters. The Morgan fingerprint density at radius 1 is 1.05 bits per heavy atom. The average Bonchev–Trinajstić information content (AvgIpc) is 3.26. The van der Waals surface area contributed by atoms with Gasteiger partial charge >= 0.3 is 18.3 Å². The summed E-state index contributed by atoms with van der Waals surface area (Å²) in [5.41, 5.74) is -2.01. The van der Waals surface area contributed by atoms with E-state index in [-0.39, 0.29) is 29.2 Å². The average molecular weight is 580 g/mol. The molecule has 0 spiro atoms. The van der Waals surface area contributed by atoms with Crippen LogP contribution in [0.5, 0.6) is 11.5 Å². The summed E-state index contributed by atoms with van der Waals surface area (Å²) in [5, 5.41) is 5.98. The number of alkyl halides is 6. The number of hydrogen-bond acceptors (Lipinski definition) is 7. The highest BCUT2D eigenvalue weighted by Crippen LogP contribution is 2.49. The lowest BCUT2D eigenvalue weighted by molar-refractivity contribution is -0.147. The van der Waals surface area contributed by atoms with Crippen LogP contribution in [0.1, 0.15) is 53.9 Å². The second-order valence-electron chi connectivity index (χ2n) is 8.20. The molecule has 1 aliphatic rings. The summed E-state index contributed by atoms with van der Waals surface area (Å²) in [6, 6.07) is 5.87. The summed E-state index contributed by atoms with van der Waals surface area (Å²) in [6.07, 6.45) is -13.7. The van der Waals surface area contributed by atoms with Crippen LogP contribution >= 0.6 is 11.6 Å². The Morgan fingerprint density at radius 2 is 1.77 bits per heavy atom. The molecule has 8 nitrogen and oxygen atoms in total. The van der Waals surface area contributed by atoms with E-state index in [0.29, 0.717) is 10.6 Å². The van der Waals surface area contributed by atoms with Crippen molar-refractivity contribution < 1.29 is 50.1 Å². The summed E-state index contributed by atoms with van der Waals surface area (Å²) in [5.74, 6) is -2.72. The van der Waals surface area contributed by atoms with Crippen molar-refractivity contribution in [3.63, 3.8) is 0 Å². The number of para-hydroxylation sites is 1. The number of carbonyl (C=O) groups excluding carboxylic acids is 1.